The lowest BCUT2D eigenvalue weighted by Crippen LogP contribution is -3.00. The Labute approximate surface area is 109 Å². The van der Waals surface area contributed by atoms with E-state index in [0.717, 1.165) is 12.1 Å². The highest BCUT2D eigenvalue weighted by Gasteiger charge is 1.99. The van der Waals surface area contributed by atoms with Gasteiger partial charge in [0.05, 0.1) is 11.6 Å². The molecule has 0 aliphatic rings. The summed E-state index contributed by atoms with van der Waals surface area (Å²) in [5.74, 6) is 0. The molecule has 0 atom stereocenters. The van der Waals surface area contributed by atoms with Gasteiger partial charge >= 0.3 is 0 Å². The van der Waals surface area contributed by atoms with Crippen molar-refractivity contribution >= 4 is 0 Å². The summed E-state index contributed by atoms with van der Waals surface area (Å²) in [4.78, 5) is 0. The standard InChI is InChI=1S/C13H19N2.BrH/c1-2-3-4-5-6-9-15-10-7-13(12-14)8-11-15;/h7-8,10-11H,2-6,9H2,1H3;1H/q+1;/p-1. The normalized spacial score (nSPS) is 9.25. The van der Waals surface area contributed by atoms with Crippen LogP contribution in [0.1, 0.15) is 44.6 Å². The molecule has 16 heavy (non-hydrogen) atoms. The summed E-state index contributed by atoms with van der Waals surface area (Å²) in [6.45, 7) is 3.30. The highest BCUT2D eigenvalue weighted by molar-refractivity contribution is 5.23. The second-order valence-corrected chi connectivity index (χ2v) is 3.85. The first-order valence-electron chi connectivity index (χ1n) is 5.76. The van der Waals surface area contributed by atoms with Crippen molar-refractivity contribution in [2.24, 2.45) is 0 Å². The Morgan fingerprint density at radius 1 is 1.12 bits per heavy atom. The Balaban J connectivity index is 0.00000225. The average molecular weight is 283 g/mol. The van der Waals surface area contributed by atoms with Crippen LogP contribution in [0.4, 0.5) is 0 Å². The lowest BCUT2D eigenvalue weighted by molar-refractivity contribution is -0.697. The minimum absolute atomic E-state index is 0. The third-order valence-corrected chi connectivity index (χ3v) is 2.54. The Hall–Kier alpha value is -0.880. The van der Waals surface area contributed by atoms with E-state index in [1.807, 2.05) is 24.5 Å². The van der Waals surface area contributed by atoms with Crippen molar-refractivity contribution in [2.45, 2.75) is 45.6 Å². The van der Waals surface area contributed by atoms with E-state index in [1.165, 1.54) is 32.1 Å². The Morgan fingerprint density at radius 3 is 2.31 bits per heavy atom. The number of halogens is 1. The molecule has 0 saturated heterocycles. The fraction of sp³-hybridized carbons (Fsp3) is 0.538. The summed E-state index contributed by atoms with van der Waals surface area (Å²) in [6, 6.07) is 5.86. The van der Waals surface area contributed by atoms with Crippen LogP contribution in [0.2, 0.25) is 0 Å². The van der Waals surface area contributed by atoms with Crippen LogP contribution < -0.4 is 21.5 Å². The molecule has 0 amide bonds. The minimum atomic E-state index is 0. The van der Waals surface area contributed by atoms with Crippen LogP contribution in [0.15, 0.2) is 24.5 Å². The summed E-state index contributed by atoms with van der Waals surface area (Å²) in [5.41, 5.74) is 0.734. The molecule has 1 aromatic heterocycles. The van der Waals surface area contributed by atoms with Gasteiger partial charge in [-0.1, -0.05) is 26.2 Å². The van der Waals surface area contributed by atoms with Gasteiger partial charge in [-0.2, -0.15) is 5.26 Å². The summed E-state index contributed by atoms with van der Waals surface area (Å²) >= 11 is 0. The quantitative estimate of drug-likeness (QED) is 0.526. The highest BCUT2D eigenvalue weighted by Crippen LogP contribution is 2.02. The van der Waals surface area contributed by atoms with Crippen molar-refractivity contribution in [3.8, 4) is 6.07 Å². The molecule has 0 spiro atoms. The fourth-order valence-corrected chi connectivity index (χ4v) is 1.58. The maximum atomic E-state index is 8.64. The first kappa shape index (κ1) is 15.1. The molecule has 0 fully saturated rings. The van der Waals surface area contributed by atoms with Gasteiger partial charge in [0.1, 0.15) is 6.54 Å². The largest absolute Gasteiger partial charge is 1.00 e. The predicted molar refractivity (Wildman–Crippen MR) is 60.1 cm³/mol. The SMILES string of the molecule is CCCCCCC[n+]1ccc(C#N)cc1.[Br-]. The zero-order valence-corrected chi connectivity index (χ0v) is 11.4. The van der Waals surface area contributed by atoms with Crippen molar-refractivity contribution in [1.29, 1.82) is 5.26 Å². The molecule has 0 unspecified atom stereocenters. The van der Waals surface area contributed by atoms with Gasteiger partial charge in [0.2, 0.25) is 0 Å². The first-order valence-corrected chi connectivity index (χ1v) is 5.76. The number of pyridine rings is 1. The number of nitriles is 1. The van der Waals surface area contributed by atoms with Gasteiger partial charge in [0, 0.05) is 18.6 Å². The van der Waals surface area contributed by atoms with E-state index in [-0.39, 0.29) is 17.0 Å². The summed E-state index contributed by atoms with van der Waals surface area (Å²) in [7, 11) is 0. The molecule has 0 N–H and O–H groups in total. The first-order chi connectivity index (χ1) is 7.36. The van der Waals surface area contributed by atoms with Gasteiger partial charge in [0.15, 0.2) is 12.4 Å². The van der Waals surface area contributed by atoms with E-state index in [4.69, 9.17) is 5.26 Å². The monoisotopic (exact) mass is 282 g/mol. The van der Waals surface area contributed by atoms with Gasteiger partial charge in [-0.25, -0.2) is 4.57 Å². The molecule has 3 heteroatoms. The molecule has 2 nitrogen and oxygen atoms in total. The third kappa shape index (κ3) is 5.87. The van der Waals surface area contributed by atoms with Crippen LogP contribution in [-0.2, 0) is 6.54 Å². The lowest BCUT2D eigenvalue weighted by atomic mass is 10.1. The lowest BCUT2D eigenvalue weighted by Gasteiger charge is -1.97. The van der Waals surface area contributed by atoms with E-state index >= 15 is 0 Å². The van der Waals surface area contributed by atoms with E-state index in [2.05, 4.69) is 17.6 Å². The maximum Gasteiger partial charge on any atom is 0.170 e. The van der Waals surface area contributed by atoms with E-state index in [9.17, 15) is 0 Å². The Kier molecular flexibility index (Phi) is 8.84. The van der Waals surface area contributed by atoms with Crippen molar-refractivity contribution in [1.82, 2.24) is 0 Å². The molecule has 1 rings (SSSR count). The van der Waals surface area contributed by atoms with Crippen LogP contribution in [0.3, 0.4) is 0 Å². The van der Waals surface area contributed by atoms with Gasteiger partial charge in [-0.15, -0.1) is 0 Å². The molecule has 1 aromatic rings. The van der Waals surface area contributed by atoms with Crippen LogP contribution in [0, 0.1) is 11.3 Å². The van der Waals surface area contributed by atoms with E-state index in [0.29, 0.717) is 0 Å². The summed E-state index contributed by atoms with van der Waals surface area (Å²) < 4.78 is 2.15. The number of rotatable bonds is 6. The van der Waals surface area contributed by atoms with Gasteiger partial charge in [0.25, 0.3) is 0 Å². The fourth-order valence-electron chi connectivity index (χ4n) is 1.58. The minimum Gasteiger partial charge on any atom is -1.00 e. The van der Waals surface area contributed by atoms with Crippen LogP contribution >= 0.6 is 0 Å². The van der Waals surface area contributed by atoms with E-state index in [1.54, 1.807) is 0 Å². The zero-order chi connectivity index (χ0) is 10.9. The number of hydrogen-bond donors (Lipinski definition) is 0. The molecule has 88 valence electrons. The Morgan fingerprint density at radius 2 is 1.75 bits per heavy atom. The third-order valence-electron chi connectivity index (χ3n) is 2.54. The number of nitrogens with zero attached hydrogens (tertiary/aromatic N) is 2. The van der Waals surface area contributed by atoms with E-state index < -0.39 is 0 Å². The summed E-state index contributed by atoms with van der Waals surface area (Å²) in [5, 5.41) is 8.64. The maximum absolute atomic E-state index is 8.64. The second-order valence-electron chi connectivity index (χ2n) is 3.85. The topological polar surface area (TPSA) is 27.7 Å². The predicted octanol–water partition coefficient (Wildman–Crippen LogP) is -0.180. The number of aromatic nitrogens is 1. The van der Waals surface area contributed by atoms with Crippen molar-refractivity contribution in [3.05, 3.63) is 30.1 Å². The van der Waals surface area contributed by atoms with Crippen molar-refractivity contribution in [2.75, 3.05) is 0 Å². The average Bonchev–Trinajstić information content (AvgIpc) is 2.30. The van der Waals surface area contributed by atoms with Gasteiger partial charge in [-0.05, 0) is 6.42 Å². The zero-order valence-electron chi connectivity index (χ0n) is 9.82. The van der Waals surface area contributed by atoms with Gasteiger partial charge in [-0.3, -0.25) is 0 Å². The molecule has 0 aromatic carbocycles. The molecule has 0 saturated carbocycles. The number of hydrogen-bond acceptors (Lipinski definition) is 1. The molecule has 0 aliphatic heterocycles. The van der Waals surface area contributed by atoms with Crippen LogP contribution in [0.25, 0.3) is 0 Å². The second kappa shape index (κ2) is 9.35. The van der Waals surface area contributed by atoms with Crippen molar-refractivity contribution in [3.63, 3.8) is 0 Å². The smallest absolute Gasteiger partial charge is 0.170 e. The molecule has 0 bridgehead atoms. The molecular weight excluding hydrogens is 264 g/mol. The van der Waals surface area contributed by atoms with Crippen LogP contribution in [0.5, 0.6) is 0 Å². The summed E-state index contributed by atoms with van der Waals surface area (Å²) in [6.07, 6.45) is 10.5. The Bertz CT molecular complexity index is 314. The molecule has 0 aliphatic carbocycles. The van der Waals surface area contributed by atoms with Crippen LogP contribution in [-0.4, -0.2) is 0 Å². The van der Waals surface area contributed by atoms with Gasteiger partial charge < -0.3 is 17.0 Å². The number of aryl methyl sites for hydroxylation is 1. The molecular formula is C13H19BrN2. The number of unbranched alkanes of at least 4 members (excludes halogenated alkanes) is 4. The molecule has 1 heterocycles. The highest BCUT2D eigenvalue weighted by atomic mass is 79.9. The van der Waals surface area contributed by atoms with Crippen molar-refractivity contribution < 1.29 is 21.5 Å². The molecule has 0 radical (unpaired) electrons.